The summed E-state index contributed by atoms with van der Waals surface area (Å²) in [5.74, 6) is -9.11. The van der Waals surface area contributed by atoms with Gasteiger partial charge in [0.1, 0.15) is 0 Å². The molecule has 0 radical (unpaired) electrons. The number of hydrogen-bond donors (Lipinski definition) is 6. The first-order valence-electron chi connectivity index (χ1n) is 3.66. The molecule has 1 unspecified atom stereocenters. The van der Waals surface area contributed by atoms with Crippen molar-refractivity contribution < 1.29 is 40.2 Å². The summed E-state index contributed by atoms with van der Waals surface area (Å²) < 4.78 is 3.94. The summed E-state index contributed by atoms with van der Waals surface area (Å²) in [4.78, 5) is 10.8. The number of carbonyl (C=O) groups excluding carboxylic acids is 1. The molecule has 0 aromatic carbocycles. The zero-order chi connectivity index (χ0) is 12.4. The quantitative estimate of drug-likeness (QED) is 0.165. The largest absolute Gasteiger partial charge is 0.426 e. The number of rotatable bonds is 4. The minimum atomic E-state index is -4.05. The molecule has 0 spiro atoms. The van der Waals surface area contributed by atoms with Gasteiger partial charge in [0.2, 0.25) is 0 Å². The van der Waals surface area contributed by atoms with Crippen LogP contribution in [-0.4, -0.2) is 54.7 Å². The molecule has 0 fully saturated rings. The van der Waals surface area contributed by atoms with Crippen molar-refractivity contribution in [3.63, 3.8) is 0 Å². The molecule has 0 aromatic heterocycles. The van der Waals surface area contributed by atoms with Crippen LogP contribution in [0.25, 0.3) is 0 Å². The van der Waals surface area contributed by atoms with Gasteiger partial charge in [-0.25, -0.2) is 4.79 Å². The Bertz CT molecular complexity index is 263. The summed E-state index contributed by atoms with van der Waals surface area (Å²) in [5.41, 5.74) is -0.177. The Morgan fingerprint density at radius 1 is 1.27 bits per heavy atom. The highest BCUT2D eigenvalue weighted by Crippen LogP contribution is 2.19. The van der Waals surface area contributed by atoms with Crippen LogP contribution in [0.3, 0.4) is 0 Å². The molecule has 1 atom stereocenters. The molecular formula is C7H12O8. The zero-order valence-electron chi connectivity index (χ0n) is 7.78. The molecule has 0 rings (SSSR count). The first-order chi connectivity index (χ1) is 6.50. The van der Waals surface area contributed by atoms with Crippen LogP contribution < -0.4 is 0 Å². The molecule has 6 N–H and O–H groups in total. The van der Waals surface area contributed by atoms with Crippen molar-refractivity contribution in [2.24, 2.45) is 0 Å². The average molecular weight is 224 g/mol. The molecule has 0 heterocycles. The summed E-state index contributed by atoms with van der Waals surface area (Å²) in [5, 5.41) is 51.7. The van der Waals surface area contributed by atoms with Crippen molar-refractivity contribution >= 4 is 5.97 Å². The first-order valence-corrected chi connectivity index (χ1v) is 3.66. The van der Waals surface area contributed by atoms with Crippen molar-refractivity contribution in [3.05, 3.63) is 12.2 Å². The summed E-state index contributed by atoms with van der Waals surface area (Å²) in [6, 6.07) is 0. The van der Waals surface area contributed by atoms with Crippen LogP contribution >= 0.6 is 0 Å². The lowest BCUT2D eigenvalue weighted by Crippen LogP contribution is -2.62. The molecule has 0 aliphatic rings. The third-order valence-corrected chi connectivity index (χ3v) is 1.41. The third-order valence-electron chi connectivity index (χ3n) is 1.41. The van der Waals surface area contributed by atoms with E-state index in [0.717, 1.165) is 0 Å². The second-order valence-electron chi connectivity index (χ2n) is 2.90. The maximum Gasteiger partial charge on any atom is 0.339 e. The van der Waals surface area contributed by atoms with Gasteiger partial charge in [0.25, 0.3) is 6.29 Å². The Hall–Kier alpha value is -1.03. The van der Waals surface area contributed by atoms with E-state index < -0.39 is 24.0 Å². The molecule has 0 aromatic rings. The third kappa shape index (κ3) is 3.23. The summed E-state index contributed by atoms with van der Waals surface area (Å²) in [7, 11) is 0. The van der Waals surface area contributed by atoms with Crippen LogP contribution in [-0.2, 0) is 9.53 Å². The summed E-state index contributed by atoms with van der Waals surface area (Å²) >= 11 is 0. The summed E-state index contributed by atoms with van der Waals surface area (Å²) in [6.45, 7) is 4.32. The van der Waals surface area contributed by atoms with Crippen LogP contribution in [0.5, 0.6) is 0 Å². The number of aliphatic hydroxyl groups is 6. The highest BCUT2D eigenvalue weighted by Gasteiger charge is 2.54. The van der Waals surface area contributed by atoms with Gasteiger partial charge < -0.3 is 35.4 Å². The number of carbonyl (C=O) groups is 1. The van der Waals surface area contributed by atoms with Crippen molar-refractivity contribution in [2.45, 2.75) is 25.0 Å². The predicted octanol–water partition coefficient (Wildman–Crippen LogP) is -3.26. The minimum Gasteiger partial charge on any atom is -0.426 e. The Morgan fingerprint density at radius 2 is 1.67 bits per heavy atom. The molecule has 15 heavy (non-hydrogen) atoms. The van der Waals surface area contributed by atoms with Crippen LogP contribution in [0, 0.1) is 0 Å². The van der Waals surface area contributed by atoms with Gasteiger partial charge >= 0.3 is 17.7 Å². The van der Waals surface area contributed by atoms with Gasteiger partial charge in [0.05, 0.1) is 0 Å². The molecule has 0 amide bonds. The second kappa shape index (κ2) is 4.23. The van der Waals surface area contributed by atoms with Crippen LogP contribution in [0.2, 0.25) is 0 Å². The lowest BCUT2D eigenvalue weighted by Gasteiger charge is -2.32. The van der Waals surface area contributed by atoms with Crippen LogP contribution in [0.1, 0.15) is 6.92 Å². The van der Waals surface area contributed by atoms with Gasteiger partial charge in [-0.15, -0.1) is 0 Å². The Morgan fingerprint density at radius 3 is 1.93 bits per heavy atom. The minimum absolute atomic E-state index is 0.177. The maximum absolute atomic E-state index is 10.8. The topological polar surface area (TPSA) is 148 Å². The Balaban J connectivity index is 4.66. The van der Waals surface area contributed by atoms with Crippen molar-refractivity contribution in [1.29, 1.82) is 0 Å². The first kappa shape index (κ1) is 14.0. The van der Waals surface area contributed by atoms with Gasteiger partial charge in [0, 0.05) is 5.57 Å². The number of aliphatic hydroxyl groups excluding tert-OH is 1. The summed E-state index contributed by atoms with van der Waals surface area (Å²) in [6.07, 6.45) is -2.76. The fraction of sp³-hybridized carbons (Fsp3) is 0.571. The number of ether oxygens (including phenoxy) is 1. The fourth-order valence-electron chi connectivity index (χ4n) is 0.450. The molecule has 0 saturated heterocycles. The molecule has 88 valence electrons. The van der Waals surface area contributed by atoms with E-state index >= 15 is 0 Å². The van der Waals surface area contributed by atoms with E-state index in [2.05, 4.69) is 11.3 Å². The Labute approximate surface area is 84.3 Å². The fourth-order valence-corrected chi connectivity index (χ4v) is 0.450. The van der Waals surface area contributed by atoms with Gasteiger partial charge in [-0.1, -0.05) is 6.58 Å². The second-order valence-corrected chi connectivity index (χ2v) is 2.90. The van der Waals surface area contributed by atoms with Crippen molar-refractivity contribution in [1.82, 2.24) is 0 Å². The Kier molecular flexibility index (Phi) is 3.94. The lowest BCUT2D eigenvalue weighted by atomic mass is 10.2. The van der Waals surface area contributed by atoms with Gasteiger partial charge in [-0.2, -0.15) is 0 Å². The van der Waals surface area contributed by atoms with Crippen molar-refractivity contribution in [2.75, 3.05) is 0 Å². The van der Waals surface area contributed by atoms with E-state index in [1.165, 1.54) is 6.92 Å². The van der Waals surface area contributed by atoms with E-state index in [-0.39, 0.29) is 5.57 Å². The smallest absolute Gasteiger partial charge is 0.339 e. The van der Waals surface area contributed by atoms with Gasteiger partial charge in [-0.05, 0) is 6.92 Å². The molecule has 0 saturated carbocycles. The monoisotopic (exact) mass is 224 g/mol. The van der Waals surface area contributed by atoms with Gasteiger partial charge in [0.15, 0.2) is 0 Å². The highest BCUT2D eigenvalue weighted by atomic mass is 16.8. The van der Waals surface area contributed by atoms with Crippen LogP contribution in [0.4, 0.5) is 0 Å². The maximum atomic E-state index is 10.8. The van der Waals surface area contributed by atoms with E-state index in [1.54, 1.807) is 0 Å². The van der Waals surface area contributed by atoms with E-state index in [4.69, 9.17) is 30.6 Å². The van der Waals surface area contributed by atoms with E-state index in [9.17, 15) is 4.79 Å². The SMILES string of the molecule is C=C(C)C(=O)OC(O)C(O)(O)C(O)(O)O. The average Bonchev–Trinajstić information content (AvgIpc) is 2.01. The molecule has 0 bridgehead atoms. The highest BCUT2D eigenvalue weighted by molar-refractivity contribution is 5.87. The molecule has 8 heteroatoms. The molecule has 8 nitrogen and oxygen atoms in total. The van der Waals surface area contributed by atoms with Crippen LogP contribution in [0.15, 0.2) is 12.2 Å². The predicted molar refractivity (Wildman–Crippen MR) is 43.5 cm³/mol. The molecular weight excluding hydrogens is 212 g/mol. The molecule has 0 aliphatic heterocycles. The van der Waals surface area contributed by atoms with E-state index in [0.29, 0.717) is 0 Å². The normalized spacial score (nSPS) is 14.6. The lowest BCUT2D eigenvalue weighted by molar-refractivity contribution is -0.481. The molecule has 0 aliphatic carbocycles. The van der Waals surface area contributed by atoms with Gasteiger partial charge in [-0.3, -0.25) is 0 Å². The number of hydrogen-bond acceptors (Lipinski definition) is 8. The standard InChI is InChI=1S/C7H12O8/c1-3(2)4(8)15-5(9)6(10,11)7(12,13)14/h5,9-14H,1H2,2H3. The van der Waals surface area contributed by atoms with Crippen molar-refractivity contribution in [3.8, 4) is 0 Å². The zero-order valence-corrected chi connectivity index (χ0v) is 7.78. The number of esters is 1. The van der Waals surface area contributed by atoms with E-state index in [1.807, 2.05) is 0 Å².